The number of aryl methyl sites for hydroxylation is 1. The number of nitrogens with one attached hydrogen (secondary N) is 1. The van der Waals surface area contributed by atoms with Crippen molar-refractivity contribution in [2.24, 2.45) is 0 Å². The van der Waals surface area contributed by atoms with Crippen LogP contribution >= 0.6 is 0 Å². The van der Waals surface area contributed by atoms with Crippen LogP contribution in [0.5, 0.6) is 0 Å². The van der Waals surface area contributed by atoms with Gasteiger partial charge in [0.05, 0.1) is 0 Å². The van der Waals surface area contributed by atoms with E-state index >= 15 is 0 Å². The minimum absolute atomic E-state index is 0.0391. The molecule has 0 unspecified atom stereocenters. The molecule has 1 aromatic heterocycles. The average molecular weight is 384 g/mol. The summed E-state index contributed by atoms with van der Waals surface area (Å²) < 4.78 is 0. The Hall–Kier alpha value is -2.63. The summed E-state index contributed by atoms with van der Waals surface area (Å²) in [5.41, 5.74) is 3.69. The van der Waals surface area contributed by atoms with Crippen LogP contribution in [-0.2, 0) is 0 Å². The molecule has 2 aromatic rings. The van der Waals surface area contributed by atoms with Crippen molar-refractivity contribution in [3.05, 3.63) is 41.7 Å². The van der Waals surface area contributed by atoms with E-state index in [0.717, 1.165) is 50.3 Å². The second-order valence-electron chi connectivity index (χ2n) is 6.85. The number of hydrogen-bond acceptors (Lipinski definition) is 5. The van der Waals surface area contributed by atoms with Gasteiger partial charge in [-0.25, -0.2) is 9.97 Å². The van der Waals surface area contributed by atoms with Crippen molar-refractivity contribution in [1.29, 1.82) is 0 Å². The van der Waals surface area contributed by atoms with Gasteiger partial charge in [-0.15, -0.1) is 0 Å². The van der Waals surface area contributed by atoms with E-state index in [1.54, 1.807) is 12.3 Å². The maximum absolute atomic E-state index is 12.8. The molecule has 0 atom stereocenters. The number of nitrogens with zero attached hydrogens (tertiary/aromatic N) is 4. The molecule has 152 valence electrons. The molecule has 0 aliphatic rings. The fraction of sp³-hybridized carbons (Fsp3) is 0.500. The number of benzene rings is 1. The van der Waals surface area contributed by atoms with E-state index in [2.05, 4.69) is 66.9 Å². The van der Waals surface area contributed by atoms with Gasteiger partial charge in [-0.05, 0) is 63.4 Å². The van der Waals surface area contributed by atoms with Gasteiger partial charge < -0.3 is 15.1 Å². The lowest BCUT2D eigenvalue weighted by Gasteiger charge is -2.22. The van der Waals surface area contributed by atoms with E-state index in [1.807, 2.05) is 11.0 Å². The highest BCUT2D eigenvalue weighted by molar-refractivity contribution is 5.92. The molecule has 1 N–H and O–H groups in total. The predicted octanol–water partition coefficient (Wildman–Crippen LogP) is 4.64. The summed E-state index contributed by atoms with van der Waals surface area (Å²) in [6.45, 7) is 14.0. The van der Waals surface area contributed by atoms with Crippen molar-refractivity contribution in [1.82, 2.24) is 14.9 Å². The number of rotatable bonds is 10. The Kier molecular flexibility index (Phi) is 8.23. The fourth-order valence-corrected chi connectivity index (χ4v) is 3.25. The zero-order valence-electron chi connectivity index (χ0n) is 17.8. The van der Waals surface area contributed by atoms with Gasteiger partial charge in [-0.2, -0.15) is 0 Å². The highest BCUT2D eigenvalue weighted by Crippen LogP contribution is 2.24. The number of hydrogen-bond donors (Lipinski definition) is 1. The summed E-state index contributed by atoms with van der Waals surface area (Å²) in [5, 5.41) is 3.26. The van der Waals surface area contributed by atoms with Gasteiger partial charge >= 0.3 is 0 Å². The molecule has 0 spiro atoms. The highest BCUT2D eigenvalue weighted by Gasteiger charge is 2.16. The first-order chi connectivity index (χ1) is 13.5. The summed E-state index contributed by atoms with van der Waals surface area (Å²) in [7, 11) is 0. The van der Waals surface area contributed by atoms with Gasteiger partial charge in [0.25, 0.3) is 5.91 Å². The Bertz CT molecular complexity index is 767. The first-order valence-corrected chi connectivity index (χ1v) is 10.3. The average Bonchev–Trinajstić information content (AvgIpc) is 2.70. The van der Waals surface area contributed by atoms with Crippen LogP contribution in [0.2, 0.25) is 0 Å². The molecule has 0 saturated carbocycles. The first kappa shape index (κ1) is 21.7. The van der Waals surface area contributed by atoms with Crippen LogP contribution in [-0.4, -0.2) is 47.0 Å². The largest absolute Gasteiger partial charge is 0.372 e. The van der Waals surface area contributed by atoms with Crippen LogP contribution in [0.25, 0.3) is 0 Å². The molecule has 28 heavy (non-hydrogen) atoms. The molecule has 0 aliphatic heterocycles. The van der Waals surface area contributed by atoms with Crippen molar-refractivity contribution in [2.75, 3.05) is 36.4 Å². The van der Waals surface area contributed by atoms with Crippen LogP contribution in [0.3, 0.4) is 0 Å². The third-order valence-corrected chi connectivity index (χ3v) is 4.73. The lowest BCUT2D eigenvalue weighted by molar-refractivity contribution is 0.0749. The van der Waals surface area contributed by atoms with Crippen LogP contribution in [0, 0.1) is 6.92 Å². The van der Waals surface area contributed by atoms with E-state index in [4.69, 9.17) is 0 Å². The van der Waals surface area contributed by atoms with E-state index in [0.29, 0.717) is 11.6 Å². The number of carbonyl (C=O) groups is 1. The molecule has 1 aromatic carbocycles. The first-order valence-electron chi connectivity index (χ1n) is 10.3. The van der Waals surface area contributed by atoms with Crippen molar-refractivity contribution >= 4 is 23.2 Å². The molecule has 0 radical (unpaired) electrons. The maximum atomic E-state index is 12.8. The Morgan fingerprint density at radius 2 is 1.71 bits per heavy atom. The number of anilines is 3. The quantitative estimate of drug-likeness (QED) is 0.648. The second-order valence-corrected chi connectivity index (χ2v) is 6.85. The Morgan fingerprint density at radius 3 is 2.29 bits per heavy atom. The van der Waals surface area contributed by atoms with Gasteiger partial charge in [0, 0.05) is 43.8 Å². The molecule has 0 fully saturated rings. The minimum Gasteiger partial charge on any atom is -0.372 e. The SMILES string of the molecule is CCCN(CCC)C(=O)c1ccnc(Nc2ccc(N(CC)CC)cc2C)n1. The molecule has 0 bridgehead atoms. The van der Waals surface area contributed by atoms with Crippen molar-refractivity contribution in [3.63, 3.8) is 0 Å². The van der Waals surface area contributed by atoms with Gasteiger partial charge in [0.1, 0.15) is 5.69 Å². The minimum atomic E-state index is -0.0391. The lowest BCUT2D eigenvalue weighted by atomic mass is 10.1. The molecule has 0 saturated heterocycles. The number of aromatic nitrogens is 2. The molecule has 2 rings (SSSR count). The second kappa shape index (κ2) is 10.6. The third-order valence-electron chi connectivity index (χ3n) is 4.73. The smallest absolute Gasteiger partial charge is 0.272 e. The van der Waals surface area contributed by atoms with Crippen molar-refractivity contribution < 1.29 is 4.79 Å². The zero-order valence-corrected chi connectivity index (χ0v) is 17.8. The van der Waals surface area contributed by atoms with Crippen LogP contribution in [0.15, 0.2) is 30.5 Å². The molecule has 1 heterocycles. The van der Waals surface area contributed by atoms with Crippen LogP contribution < -0.4 is 10.2 Å². The summed E-state index contributed by atoms with van der Waals surface area (Å²) >= 11 is 0. The molecule has 6 nitrogen and oxygen atoms in total. The molecule has 6 heteroatoms. The molecule has 0 aliphatic carbocycles. The Labute approximate surface area is 169 Å². The number of amides is 1. The normalized spacial score (nSPS) is 10.6. The van der Waals surface area contributed by atoms with Gasteiger partial charge in [-0.3, -0.25) is 4.79 Å². The van der Waals surface area contributed by atoms with Gasteiger partial charge in [0.15, 0.2) is 0 Å². The van der Waals surface area contributed by atoms with Gasteiger partial charge in [0.2, 0.25) is 5.95 Å². The predicted molar refractivity (Wildman–Crippen MR) is 117 cm³/mol. The maximum Gasteiger partial charge on any atom is 0.272 e. The number of carbonyl (C=O) groups excluding carboxylic acids is 1. The van der Waals surface area contributed by atoms with Crippen LogP contribution in [0.4, 0.5) is 17.3 Å². The Morgan fingerprint density at radius 1 is 1.04 bits per heavy atom. The Balaban J connectivity index is 2.19. The lowest BCUT2D eigenvalue weighted by Crippen LogP contribution is -2.33. The van der Waals surface area contributed by atoms with Crippen molar-refractivity contribution in [3.8, 4) is 0 Å². The summed E-state index contributed by atoms with van der Waals surface area (Å²) in [6.07, 6.45) is 3.50. The standard InChI is InChI=1S/C22H33N5O/c1-6-14-27(15-7-2)21(28)20-12-13-23-22(25-20)24-19-11-10-18(16-17(19)5)26(8-3)9-4/h10-13,16H,6-9,14-15H2,1-5H3,(H,23,24,25). The molecule has 1 amide bonds. The topological polar surface area (TPSA) is 61.4 Å². The van der Waals surface area contributed by atoms with E-state index < -0.39 is 0 Å². The zero-order chi connectivity index (χ0) is 20.5. The highest BCUT2D eigenvalue weighted by atomic mass is 16.2. The van der Waals surface area contributed by atoms with E-state index in [9.17, 15) is 4.79 Å². The summed E-state index contributed by atoms with van der Waals surface area (Å²) in [4.78, 5) is 25.7. The van der Waals surface area contributed by atoms with Crippen molar-refractivity contribution in [2.45, 2.75) is 47.5 Å². The summed E-state index contributed by atoms with van der Waals surface area (Å²) in [5.74, 6) is 0.403. The van der Waals surface area contributed by atoms with E-state index in [1.165, 1.54) is 5.69 Å². The monoisotopic (exact) mass is 383 g/mol. The van der Waals surface area contributed by atoms with Gasteiger partial charge in [-0.1, -0.05) is 13.8 Å². The molecular formula is C22H33N5O. The summed E-state index contributed by atoms with van der Waals surface area (Å²) in [6, 6.07) is 7.99. The fourth-order valence-electron chi connectivity index (χ4n) is 3.25. The van der Waals surface area contributed by atoms with Crippen LogP contribution in [0.1, 0.15) is 56.6 Å². The van der Waals surface area contributed by atoms with E-state index in [-0.39, 0.29) is 5.91 Å². The molecular weight excluding hydrogens is 350 g/mol. The third kappa shape index (κ3) is 5.44.